The molecule has 0 aromatic rings. The van der Waals surface area contributed by atoms with Crippen LogP contribution < -0.4 is 10.5 Å². The van der Waals surface area contributed by atoms with Crippen LogP contribution in [-0.4, -0.2) is 36.3 Å². The van der Waals surface area contributed by atoms with Gasteiger partial charge in [-0.1, -0.05) is 26.1 Å². The van der Waals surface area contributed by atoms with Gasteiger partial charge in [0.25, 0.3) is 10.2 Å². The summed E-state index contributed by atoms with van der Waals surface area (Å²) >= 11 is 4.95. The monoisotopic (exact) mass is 293 g/mol. The molecule has 1 rings (SSSR count). The molecule has 0 saturated carbocycles. The summed E-state index contributed by atoms with van der Waals surface area (Å²) in [6.45, 7) is 6.85. The number of hydrogen-bond acceptors (Lipinski definition) is 3. The van der Waals surface area contributed by atoms with Crippen molar-refractivity contribution >= 4 is 27.4 Å². The topological polar surface area (TPSA) is 75.4 Å². The van der Waals surface area contributed by atoms with Crippen molar-refractivity contribution in [3.05, 3.63) is 0 Å². The molecule has 7 heteroatoms. The van der Waals surface area contributed by atoms with E-state index in [1.807, 2.05) is 6.92 Å². The van der Waals surface area contributed by atoms with Gasteiger partial charge in [-0.15, -0.1) is 0 Å². The smallest absolute Gasteiger partial charge is 0.280 e. The molecule has 1 fully saturated rings. The minimum Gasteiger partial charge on any atom is -0.392 e. The van der Waals surface area contributed by atoms with Crippen molar-refractivity contribution in [3.8, 4) is 0 Å². The zero-order valence-corrected chi connectivity index (χ0v) is 12.9. The lowest BCUT2D eigenvalue weighted by molar-refractivity contribution is 0.282. The summed E-state index contributed by atoms with van der Waals surface area (Å²) in [5.41, 5.74) is 4.78. The van der Waals surface area contributed by atoms with E-state index in [2.05, 4.69) is 11.6 Å². The van der Waals surface area contributed by atoms with Crippen molar-refractivity contribution in [1.82, 2.24) is 9.03 Å². The highest BCUT2D eigenvalue weighted by molar-refractivity contribution is 7.87. The largest absolute Gasteiger partial charge is 0.392 e. The quantitative estimate of drug-likeness (QED) is 0.742. The van der Waals surface area contributed by atoms with Crippen molar-refractivity contribution in [2.45, 2.75) is 45.6 Å². The second kappa shape index (κ2) is 5.81. The summed E-state index contributed by atoms with van der Waals surface area (Å²) in [6, 6.07) is 0. The lowest BCUT2D eigenvalue weighted by atomic mass is 10.0. The van der Waals surface area contributed by atoms with Crippen LogP contribution in [0.3, 0.4) is 0 Å². The van der Waals surface area contributed by atoms with Gasteiger partial charge in [0.2, 0.25) is 0 Å². The number of nitrogens with one attached hydrogen (secondary N) is 1. The molecule has 0 amide bonds. The third kappa shape index (κ3) is 3.63. The van der Waals surface area contributed by atoms with Crippen LogP contribution in [0.5, 0.6) is 0 Å². The van der Waals surface area contributed by atoms with Gasteiger partial charge < -0.3 is 5.73 Å². The van der Waals surface area contributed by atoms with Gasteiger partial charge in [0, 0.05) is 13.1 Å². The summed E-state index contributed by atoms with van der Waals surface area (Å²) in [6.07, 6.45) is 2.33. The van der Waals surface area contributed by atoms with Crippen LogP contribution in [0, 0.1) is 5.92 Å². The van der Waals surface area contributed by atoms with Gasteiger partial charge >= 0.3 is 0 Å². The molecule has 1 aliphatic rings. The number of hydrogen-bond donors (Lipinski definition) is 2. The van der Waals surface area contributed by atoms with E-state index in [4.69, 9.17) is 18.0 Å². The normalized spacial score (nSPS) is 22.6. The van der Waals surface area contributed by atoms with Crippen LogP contribution >= 0.6 is 12.2 Å². The summed E-state index contributed by atoms with van der Waals surface area (Å²) in [5, 5.41) is 0. The molecule has 0 aromatic carbocycles. The number of piperidine rings is 1. The SMILES string of the molecule is CCC(C)(NS(=O)(=O)N1CCC(C)CC1)C(N)=S. The van der Waals surface area contributed by atoms with E-state index in [9.17, 15) is 8.42 Å². The van der Waals surface area contributed by atoms with Crippen molar-refractivity contribution < 1.29 is 8.42 Å². The average Bonchev–Trinajstić information content (AvgIpc) is 2.28. The summed E-state index contributed by atoms with van der Waals surface area (Å²) < 4.78 is 28.7. The molecule has 0 aromatic heterocycles. The first-order valence-electron chi connectivity index (χ1n) is 6.30. The van der Waals surface area contributed by atoms with Gasteiger partial charge in [-0.3, -0.25) is 0 Å². The van der Waals surface area contributed by atoms with E-state index < -0.39 is 15.7 Å². The first kappa shape index (κ1) is 15.8. The molecular weight excluding hydrogens is 270 g/mol. The maximum atomic E-state index is 12.3. The van der Waals surface area contributed by atoms with Crippen LogP contribution in [0.4, 0.5) is 0 Å². The van der Waals surface area contributed by atoms with Crippen molar-refractivity contribution in [3.63, 3.8) is 0 Å². The van der Waals surface area contributed by atoms with E-state index in [1.165, 1.54) is 4.31 Å². The van der Waals surface area contributed by atoms with Crippen molar-refractivity contribution in [1.29, 1.82) is 0 Å². The summed E-state index contributed by atoms with van der Waals surface area (Å²) in [4.78, 5) is 0.180. The molecule has 0 spiro atoms. The molecular formula is C11H23N3O2S2. The number of nitrogens with zero attached hydrogens (tertiary/aromatic N) is 1. The van der Waals surface area contributed by atoms with E-state index >= 15 is 0 Å². The third-order valence-electron chi connectivity index (χ3n) is 3.69. The Morgan fingerprint density at radius 2 is 2.00 bits per heavy atom. The van der Waals surface area contributed by atoms with E-state index in [1.54, 1.807) is 6.92 Å². The highest BCUT2D eigenvalue weighted by atomic mass is 32.2. The fourth-order valence-electron chi connectivity index (χ4n) is 1.87. The van der Waals surface area contributed by atoms with Gasteiger partial charge in [-0.05, 0) is 32.1 Å². The minimum absolute atomic E-state index is 0.180. The first-order valence-corrected chi connectivity index (χ1v) is 8.15. The van der Waals surface area contributed by atoms with Gasteiger partial charge in [0.15, 0.2) is 0 Å². The lowest BCUT2D eigenvalue weighted by Crippen LogP contribution is -2.58. The molecule has 1 aliphatic heterocycles. The van der Waals surface area contributed by atoms with E-state index in [0.717, 1.165) is 12.8 Å². The fourth-order valence-corrected chi connectivity index (χ4v) is 3.78. The van der Waals surface area contributed by atoms with Crippen LogP contribution in [0.1, 0.15) is 40.0 Å². The summed E-state index contributed by atoms with van der Waals surface area (Å²) in [7, 11) is -3.51. The predicted octanol–water partition coefficient (Wildman–Crippen LogP) is 1.01. The zero-order valence-electron chi connectivity index (χ0n) is 11.3. The van der Waals surface area contributed by atoms with Gasteiger partial charge in [0.1, 0.15) is 0 Å². The van der Waals surface area contributed by atoms with E-state index in [0.29, 0.717) is 25.4 Å². The molecule has 18 heavy (non-hydrogen) atoms. The highest BCUT2D eigenvalue weighted by Crippen LogP contribution is 2.20. The number of rotatable bonds is 5. The van der Waals surface area contributed by atoms with Gasteiger partial charge in [-0.2, -0.15) is 17.4 Å². The molecule has 106 valence electrons. The highest BCUT2D eigenvalue weighted by Gasteiger charge is 2.35. The second-order valence-electron chi connectivity index (χ2n) is 5.24. The van der Waals surface area contributed by atoms with Gasteiger partial charge in [-0.25, -0.2) is 0 Å². The zero-order chi connectivity index (χ0) is 14.0. The van der Waals surface area contributed by atoms with Crippen LogP contribution in [-0.2, 0) is 10.2 Å². The Morgan fingerprint density at radius 1 is 1.50 bits per heavy atom. The average molecular weight is 293 g/mol. The Bertz CT molecular complexity index is 403. The first-order chi connectivity index (χ1) is 8.21. The molecule has 0 radical (unpaired) electrons. The van der Waals surface area contributed by atoms with Crippen LogP contribution in [0.25, 0.3) is 0 Å². The third-order valence-corrected chi connectivity index (χ3v) is 5.89. The van der Waals surface area contributed by atoms with Crippen LogP contribution in [0.2, 0.25) is 0 Å². The lowest BCUT2D eigenvalue weighted by Gasteiger charge is -2.34. The number of nitrogens with two attached hydrogens (primary N) is 1. The molecule has 1 heterocycles. The second-order valence-corrected chi connectivity index (χ2v) is 7.35. The molecule has 0 bridgehead atoms. The Kier molecular flexibility index (Phi) is 5.11. The van der Waals surface area contributed by atoms with Gasteiger partial charge in [0.05, 0.1) is 10.5 Å². The molecule has 5 nitrogen and oxygen atoms in total. The van der Waals surface area contributed by atoms with Crippen LogP contribution in [0.15, 0.2) is 0 Å². The Balaban J connectivity index is 2.78. The Hall–Kier alpha value is -0.240. The molecule has 1 unspecified atom stereocenters. The summed E-state index contributed by atoms with van der Waals surface area (Å²) in [5.74, 6) is 0.588. The molecule has 3 N–H and O–H groups in total. The molecule has 1 atom stereocenters. The fraction of sp³-hybridized carbons (Fsp3) is 0.909. The van der Waals surface area contributed by atoms with Crippen molar-refractivity contribution in [2.24, 2.45) is 11.7 Å². The molecule has 0 aliphatic carbocycles. The Morgan fingerprint density at radius 3 is 2.39 bits per heavy atom. The molecule has 1 saturated heterocycles. The van der Waals surface area contributed by atoms with Crippen molar-refractivity contribution in [2.75, 3.05) is 13.1 Å². The minimum atomic E-state index is -3.51. The maximum absolute atomic E-state index is 12.3. The maximum Gasteiger partial charge on any atom is 0.280 e. The Labute approximate surface area is 115 Å². The van der Waals surface area contributed by atoms with E-state index in [-0.39, 0.29) is 4.99 Å². The number of thiocarbonyl (C=S) groups is 1. The predicted molar refractivity (Wildman–Crippen MR) is 77.5 cm³/mol. The standard InChI is InChI=1S/C11H23N3O2S2/c1-4-11(3,10(12)17)13-18(15,16)14-7-5-9(2)6-8-14/h9,13H,4-8H2,1-3H3,(H2,12,17).